The number of nitrogens with zero attached hydrogens (tertiary/aromatic N) is 5. The Kier molecular flexibility index (Phi) is 12.8. The summed E-state index contributed by atoms with van der Waals surface area (Å²) in [4.78, 5) is 5.10. The highest BCUT2D eigenvalue weighted by Crippen LogP contribution is 2.56. The van der Waals surface area contributed by atoms with E-state index in [9.17, 15) is 8.22 Å². The summed E-state index contributed by atoms with van der Waals surface area (Å²) in [6.45, 7) is 20.1. The monoisotopic (exact) mass is 1400 g/mol. The summed E-state index contributed by atoms with van der Waals surface area (Å²) in [5.74, 6) is 0. The Morgan fingerprint density at radius 3 is 0.963 bits per heavy atom. The maximum absolute atomic E-state index is 9.91. The predicted octanol–water partition coefficient (Wildman–Crippen LogP) is 25.6. The van der Waals surface area contributed by atoms with E-state index in [-0.39, 0.29) is 44.7 Å². The summed E-state index contributed by atoms with van der Waals surface area (Å²) in [5, 5.41) is 4.56. The fraction of sp³-hybridized carbons (Fsp3) is 0.118. The summed E-state index contributed by atoms with van der Waals surface area (Å²) >= 11 is 0. The van der Waals surface area contributed by atoms with Crippen LogP contribution in [0.25, 0.3) is 127 Å². The summed E-state index contributed by atoms with van der Waals surface area (Å²) in [5.41, 5.74) is 25.9. The summed E-state index contributed by atoms with van der Waals surface area (Å²) < 4.78 is 82.6. The van der Waals surface area contributed by atoms with Crippen molar-refractivity contribution in [3.63, 3.8) is 0 Å². The second-order valence-electron chi connectivity index (χ2n) is 32.3. The van der Waals surface area contributed by atoms with E-state index in [0.29, 0.717) is 5.69 Å². The van der Waals surface area contributed by atoms with Crippen molar-refractivity contribution < 1.29 is 11.0 Å². The lowest BCUT2D eigenvalue weighted by atomic mass is 9.33. The zero-order chi connectivity index (χ0) is 80.0. The Morgan fingerprint density at radius 2 is 0.583 bits per heavy atom. The van der Waals surface area contributed by atoms with E-state index in [0.717, 1.165) is 161 Å². The number of rotatable bonds is 9. The van der Waals surface area contributed by atoms with Gasteiger partial charge in [-0.25, -0.2) is 0 Å². The van der Waals surface area contributed by atoms with Crippen LogP contribution in [0.15, 0.2) is 333 Å². The Morgan fingerprint density at radius 1 is 0.259 bits per heavy atom. The SMILES string of the molecule is [2H]c1c([2H])c([2H])c2c(c1[2H])c1c([2H])c([2H])c([2H])c([2H])c1n2-c1ccc2c(c1)N(c1c(-c3ccccc3)cc(C(C)(C)C)cc1-c1ccccc1)c1cc(C(C)(C)C)cc3c1B2c1ccc(-n2c4ccccc4c4cc5c(cc42)c2ccccc2n5-c2ccccc2)cc1N3c1c(-c2ccccc2)cc(C(C)(C)C)cc1-c1ccccc1. The van der Waals surface area contributed by atoms with E-state index in [1.54, 1.807) is 4.57 Å². The molecule has 0 bridgehead atoms. The molecule has 0 saturated carbocycles. The van der Waals surface area contributed by atoms with Crippen LogP contribution in [0.4, 0.5) is 34.1 Å². The average Bonchev–Trinajstić information content (AvgIpc) is 0.761. The maximum Gasteiger partial charge on any atom is 0.252 e. The van der Waals surface area contributed by atoms with Crippen molar-refractivity contribution in [3.05, 3.63) is 350 Å². The van der Waals surface area contributed by atoms with Gasteiger partial charge in [0.15, 0.2) is 0 Å². The van der Waals surface area contributed by atoms with Gasteiger partial charge in [-0.2, -0.15) is 0 Å². The van der Waals surface area contributed by atoms with Crippen LogP contribution in [0, 0.1) is 0 Å². The Balaban J connectivity index is 0.978. The second-order valence-corrected chi connectivity index (χ2v) is 32.3. The van der Waals surface area contributed by atoms with Crippen LogP contribution in [-0.4, -0.2) is 20.4 Å². The lowest BCUT2D eigenvalue weighted by molar-refractivity contribution is 0.590. The standard InChI is InChI=1S/C102H82BN5/c1-100(2,3)69-55-79(65-33-15-10-16-34-65)98(80(56-69)66-35-17-11-18-36-66)107-93-61-73(105-87-47-29-25-43-75(87)76-44-26-30-48-88(76)105)51-53-85(93)103-86-54-52-74(106-90-50-32-28-46-78(90)84-63-91-83(64-92(84)106)77-45-27-31-49-89(77)104(91)72-41-23-14-24-42-72)62-94(86)108(96-60-71(102(7,8)9)59-95(107)97(96)103)99-81(67-37-19-12-20-38-67)57-70(101(4,5)6)58-82(99)68-39-21-13-22-40-68/h10-64H,1-9H3/i25D,26D,29D,30D,43D,44D,47D,48D. The van der Waals surface area contributed by atoms with Gasteiger partial charge in [-0.15, -0.1) is 0 Å². The minimum Gasteiger partial charge on any atom is -0.310 e. The zero-order valence-corrected chi connectivity index (χ0v) is 61.9. The number of hydrogen-bond donors (Lipinski definition) is 0. The molecule has 6 heteroatoms. The molecule has 0 aliphatic carbocycles. The smallest absolute Gasteiger partial charge is 0.252 e. The third-order valence-corrected chi connectivity index (χ3v) is 22.7. The molecule has 0 fully saturated rings. The summed E-state index contributed by atoms with van der Waals surface area (Å²) in [7, 11) is 0. The molecule has 0 unspecified atom stereocenters. The number of fused-ring (bicyclic) bond motifs is 13. The summed E-state index contributed by atoms with van der Waals surface area (Å²) in [6.07, 6.45) is 0. The van der Waals surface area contributed by atoms with Crippen molar-refractivity contribution in [1.29, 1.82) is 0 Å². The molecular weight excluding hydrogens is 1310 g/mol. The van der Waals surface area contributed by atoms with Crippen molar-refractivity contribution in [2.45, 2.75) is 78.6 Å². The van der Waals surface area contributed by atoms with E-state index in [1.807, 2.05) is 6.07 Å². The van der Waals surface area contributed by atoms with Gasteiger partial charge >= 0.3 is 0 Å². The highest BCUT2D eigenvalue weighted by molar-refractivity contribution is 7.00. The largest absolute Gasteiger partial charge is 0.310 e. The highest BCUT2D eigenvalue weighted by Gasteiger charge is 2.47. The zero-order valence-electron chi connectivity index (χ0n) is 69.9. The van der Waals surface area contributed by atoms with Gasteiger partial charge in [0.1, 0.15) is 0 Å². The van der Waals surface area contributed by atoms with Crippen molar-refractivity contribution in [1.82, 2.24) is 13.7 Å². The van der Waals surface area contributed by atoms with Crippen LogP contribution in [0.1, 0.15) is 90.0 Å². The molecule has 0 spiro atoms. The fourth-order valence-electron chi connectivity index (χ4n) is 17.4. The van der Waals surface area contributed by atoms with E-state index in [2.05, 4.69) is 360 Å². The molecule has 0 radical (unpaired) electrons. The van der Waals surface area contributed by atoms with Crippen LogP contribution in [0.2, 0.25) is 0 Å². The predicted molar refractivity (Wildman–Crippen MR) is 461 cm³/mol. The molecule has 15 aromatic carbocycles. The van der Waals surface area contributed by atoms with Crippen LogP contribution in [-0.2, 0) is 16.2 Å². The van der Waals surface area contributed by atoms with Gasteiger partial charge in [0.2, 0.25) is 0 Å². The third-order valence-electron chi connectivity index (χ3n) is 22.7. The molecule has 0 N–H and O–H groups in total. The quantitative estimate of drug-likeness (QED) is 0.134. The Bertz CT molecular complexity index is 6980. The lowest BCUT2D eigenvalue weighted by Crippen LogP contribution is -2.61. The topological polar surface area (TPSA) is 21.3 Å². The van der Waals surface area contributed by atoms with Gasteiger partial charge in [-0.3, -0.25) is 0 Å². The van der Waals surface area contributed by atoms with Gasteiger partial charge in [-0.1, -0.05) is 287 Å². The molecular formula is C102H82BN5. The number of hydrogen-bond acceptors (Lipinski definition) is 2. The van der Waals surface area contributed by atoms with Crippen LogP contribution in [0.3, 0.4) is 0 Å². The van der Waals surface area contributed by atoms with Gasteiger partial charge in [0.05, 0.1) is 55.4 Å². The van der Waals surface area contributed by atoms with Crippen LogP contribution >= 0.6 is 0 Å². The third kappa shape index (κ3) is 10.2. The Hall–Kier alpha value is -12.6. The number of benzene rings is 15. The lowest BCUT2D eigenvalue weighted by Gasteiger charge is -2.47. The normalized spacial score (nSPS) is 14.0. The molecule has 518 valence electrons. The highest BCUT2D eigenvalue weighted by atomic mass is 15.2. The summed E-state index contributed by atoms with van der Waals surface area (Å²) in [6, 6.07) is 101. The minimum atomic E-state index is -0.521. The van der Waals surface area contributed by atoms with Gasteiger partial charge in [0, 0.05) is 94.4 Å². The molecule has 5 nitrogen and oxygen atoms in total. The fourth-order valence-corrected chi connectivity index (χ4v) is 17.4. The number of anilines is 6. The van der Waals surface area contributed by atoms with E-state index < -0.39 is 48.4 Å². The van der Waals surface area contributed by atoms with E-state index in [4.69, 9.17) is 2.74 Å². The minimum absolute atomic E-state index is 0.0110. The van der Waals surface area contributed by atoms with Crippen LogP contribution in [0.5, 0.6) is 0 Å². The van der Waals surface area contributed by atoms with Crippen molar-refractivity contribution in [3.8, 4) is 61.6 Å². The molecule has 5 heterocycles. The molecule has 108 heavy (non-hydrogen) atoms. The van der Waals surface area contributed by atoms with Gasteiger partial charge < -0.3 is 23.5 Å². The Labute approximate surface area is 643 Å². The molecule has 0 atom stereocenters. The first-order valence-corrected chi connectivity index (χ1v) is 37.5. The molecule has 20 rings (SSSR count). The first-order valence-electron chi connectivity index (χ1n) is 41.5. The molecule has 2 aliphatic rings. The maximum atomic E-state index is 9.91. The first-order chi connectivity index (χ1) is 55.8. The van der Waals surface area contributed by atoms with Gasteiger partial charge in [0.25, 0.3) is 6.71 Å². The molecule has 0 saturated heterocycles. The van der Waals surface area contributed by atoms with Crippen molar-refractivity contribution in [2.24, 2.45) is 0 Å². The van der Waals surface area contributed by atoms with Crippen molar-refractivity contribution >= 4 is 123 Å². The van der Waals surface area contributed by atoms with E-state index >= 15 is 0 Å². The molecule has 18 aromatic rings. The van der Waals surface area contributed by atoms with Gasteiger partial charge in [-0.05, 0) is 181 Å². The number of para-hydroxylation sites is 5. The van der Waals surface area contributed by atoms with Crippen LogP contribution < -0.4 is 26.2 Å². The second kappa shape index (κ2) is 24.5. The van der Waals surface area contributed by atoms with Crippen molar-refractivity contribution in [2.75, 3.05) is 9.80 Å². The average molecular weight is 1400 g/mol. The first kappa shape index (κ1) is 56.7. The number of aromatic nitrogens is 3. The van der Waals surface area contributed by atoms with E-state index in [1.165, 1.54) is 5.56 Å². The molecule has 2 aliphatic heterocycles. The molecule has 3 aromatic heterocycles. The molecule has 0 amide bonds.